The van der Waals surface area contributed by atoms with Crippen molar-refractivity contribution in [2.75, 3.05) is 37.0 Å². The summed E-state index contributed by atoms with van der Waals surface area (Å²) in [5.41, 5.74) is 8.29. The number of benzene rings is 4. The van der Waals surface area contributed by atoms with Crippen LogP contribution in [0.25, 0.3) is 43.8 Å². The molecule has 0 fully saturated rings. The molecule has 0 amide bonds. The Morgan fingerprint density at radius 2 is 0.796 bits per heavy atom. The fraction of sp³-hybridized carbons (Fsp3) is 0.375. The van der Waals surface area contributed by atoms with Gasteiger partial charge >= 0.3 is 37.9 Å². The second-order valence-electron chi connectivity index (χ2n) is 13.9. The Morgan fingerprint density at radius 1 is 0.500 bits per heavy atom. The third-order valence-corrected chi connectivity index (χ3v) is 21.6. The quantitative estimate of drug-likeness (QED) is 0.0652. The number of hydrogen-bond acceptors (Lipinski definition) is 0. The molecule has 0 atom stereocenters. The van der Waals surface area contributed by atoms with Crippen molar-refractivity contribution < 1.29 is 20.8 Å². The Balaban J connectivity index is 0.000000254. The van der Waals surface area contributed by atoms with E-state index < -0.39 is 35.4 Å². The summed E-state index contributed by atoms with van der Waals surface area (Å²) in [7, 11) is 9.05. The molecule has 54 heavy (non-hydrogen) atoms. The van der Waals surface area contributed by atoms with Crippen molar-refractivity contribution >= 4 is 73.2 Å². The average molecular weight is 893 g/mol. The molecule has 0 spiro atoms. The summed E-state index contributed by atoms with van der Waals surface area (Å²) >= 11 is -0.826. The van der Waals surface area contributed by atoms with Gasteiger partial charge in [-0.15, -0.1) is 69.1 Å². The van der Waals surface area contributed by atoms with E-state index in [-0.39, 0.29) is 0 Å². The van der Waals surface area contributed by atoms with Gasteiger partial charge in [0.25, 0.3) is 0 Å². The predicted octanol–water partition coefficient (Wildman–Crippen LogP) is 15.1. The number of rotatable bonds is 12. The van der Waals surface area contributed by atoms with Crippen molar-refractivity contribution in [1.82, 2.24) is 0 Å². The molecule has 0 nitrogen and oxygen atoms in total. The van der Waals surface area contributed by atoms with Crippen LogP contribution >= 0.6 is 31.6 Å². The number of aryl methyl sites for hydroxylation is 2. The number of hydrogen-bond donors (Lipinski definition) is 0. The van der Waals surface area contributed by atoms with Crippen LogP contribution in [-0.4, -0.2) is 46.5 Å². The molecule has 0 aliphatic heterocycles. The Morgan fingerprint density at radius 3 is 1.06 bits per heavy atom. The molecule has 0 bridgehead atoms. The molecule has 286 valence electrons. The minimum absolute atomic E-state index is 0.826. The standard InChI is InChI=1S/2C23H29P.C2H6Si.2ClH.Zr/c2*1-5-18-16-20-10-9-11-22(23(20)17-18)19-12-14-21(15-13-19)24(6-2,7-3)8-4;1-3-2;;;/h2*9-17H,5-8H2,1-4H3;1-2H3;2*1H;/q;;;;;+4/p-2. The Hall–Kier alpha value is -1.36. The van der Waals surface area contributed by atoms with E-state index in [1.165, 1.54) is 91.9 Å². The van der Waals surface area contributed by atoms with Gasteiger partial charge in [0.05, 0.1) is 47.6 Å². The molecule has 0 heterocycles. The van der Waals surface area contributed by atoms with Gasteiger partial charge in [-0.3, -0.25) is 0 Å². The zero-order chi connectivity index (χ0) is 39.7. The van der Waals surface area contributed by atoms with Crippen LogP contribution in [0.4, 0.5) is 0 Å². The van der Waals surface area contributed by atoms with E-state index >= 15 is 0 Å². The van der Waals surface area contributed by atoms with E-state index in [0.29, 0.717) is 0 Å². The Kier molecular flexibility index (Phi) is 20.7. The number of halogens is 2. The molecule has 0 aliphatic carbocycles. The van der Waals surface area contributed by atoms with Crippen LogP contribution < -0.4 is 10.6 Å². The topological polar surface area (TPSA) is 0 Å². The summed E-state index contributed by atoms with van der Waals surface area (Å²) in [6.07, 6.45) is 10.1. The minimum atomic E-state index is -0.951. The van der Waals surface area contributed by atoms with Gasteiger partial charge in [-0.05, 0) is 89.8 Å². The average Bonchev–Trinajstić information content (AvgIpc) is 3.86. The van der Waals surface area contributed by atoms with E-state index in [1.807, 2.05) is 0 Å². The summed E-state index contributed by atoms with van der Waals surface area (Å²) < 4.78 is 0. The summed E-state index contributed by atoms with van der Waals surface area (Å²) in [5.74, 6) is 0. The first-order valence-corrected chi connectivity index (χ1v) is 33.0. The predicted molar refractivity (Wildman–Crippen MR) is 254 cm³/mol. The van der Waals surface area contributed by atoms with Gasteiger partial charge in [0.1, 0.15) is 0 Å². The maximum absolute atomic E-state index is 4.93. The maximum atomic E-state index is 4.93. The van der Waals surface area contributed by atoms with Crippen LogP contribution in [0.2, 0.25) is 13.1 Å². The molecule has 0 aromatic heterocycles. The van der Waals surface area contributed by atoms with E-state index in [0.717, 1.165) is 22.4 Å². The van der Waals surface area contributed by atoms with Crippen molar-refractivity contribution in [3.05, 3.63) is 120 Å². The molecule has 6 aromatic carbocycles. The molecule has 0 saturated carbocycles. The molecule has 0 aliphatic rings. The zero-order valence-electron chi connectivity index (χ0n) is 34.7. The first-order valence-electron chi connectivity index (χ1n) is 20.0. The van der Waals surface area contributed by atoms with Gasteiger partial charge in [0, 0.05) is 24.0 Å². The molecule has 0 unspecified atom stereocenters. The summed E-state index contributed by atoms with van der Waals surface area (Å²) in [4.78, 5) is 0. The number of fused-ring (bicyclic) bond motifs is 2. The zero-order valence-corrected chi connectivity index (χ0v) is 41.5. The van der Waals surface area contributed by atoms with Crippen molar-refractivity contribution in [3.63, 3.8) is 0 Å². The Bertz CT molecular complexity index is 1790. The first kappa shape index (κ1) is 47.0. The van der Waals surface area contributed by atoms with Crippen molar-refractivity contribution in [2.45, 2.75) is 81.3 Å². The van der Waals surface area contributed by atoms with Crippen molar-refractivity contribution in [2.24, 2.45) is 0 Å². The van der Waals surface area contributed by atoms with Gasteiger partial charge in [-0.1, -0.05) is 74.5 Å². The molecule has 0 N–H and O–H groups in total. The van der Waals surface area contributed by atoms with E-state index in [9.17, 15) is 0 Å². The van der Waals surface area contributed by atoms with Gasteiger partial charge in [0.15, 0.2) is 0 Å². The summed E-state index contributed by atoms with van der Waals surface area (Å²) in [6, 6.07) is 41.7. The van der Waals surface area contributed by atoms with Crippen LogP contribution in [-0.2, 0) is 33.7 Å². The van der Waals surface area contributed by atoms with Crippen LogP contribution in [0.3, 0.4) is 0 Å². The molecule has 2 radical (unpaired) electrons. The Labute approximate surface area is 352 Å². The van der Waals surface area contributed by atoms with Gasteiger partial charge < -0.3 is 0 Å². The first-order chi connectivity index (χ1) is 26.2. The second kappa shape index (κ2) is 23.8. The van der Waals surface area contributed by atoms with Crippen LogP contribution in [0, 0.1) is 0 Å². The van der Waals surface area contributed by atoms with E-state index in [4.69, 9.17) is 17.0 Å². The third-order valence-electron chi connectivity index (χ3n) is 11.5. The van der Waals surface area contributed by atoms with Crippen LogP contribution in [0.5, 0.6) is 0 Å². The fourth-order valence-corrected chi connectivity index (χ4v) is 14.3. The van der Waals surface area contributed by atoms with Crippen LogP contribution in [0.1, 0.15) is 66.5 Å². The molecule has 0 saturated heterocycles. The third kappa shape index (κ3) is 11.4. The van der Waals surface area contributed by atoms with Crippen molar-refractivity contribution in [3.8, 4) is 22.3 Å². The van der Waals surface area contributed by atoms with Gasteiger partial charge in [-0.25, -0.2) is 0 Å². The van der Waals surface area contributed by atoms with Gasteiger partial charge in [-0.2, -0.15) is 12.1 Å². The molecule has 6 rings (SSSR count). The van der Waals surface area contributed by atoms with E-state index in [2.05, 4.69) is 178 Å². The SMILES string of the molecule is CCc1cc2c(-c3ccc([P+](CC)(CC)CC)cc3)cccc2[cH-]1.CCc1cc2c(-c3ccc([P+](CC)(CC)CC)cc3)cccc2[cH-]1.C[Si]C.[Cl][Zr+2][Cl]. The molecule has 6 aromatic rings. The summed E-state index contributed by atoms with van der Waals surface area (Å²) in [5, 5.41) is 8.72. The fourth-order valence-electron chi connectivity index (χ4n) is 7.86. The second-order valence-corrected chi connectivity index (χ2v) is 28.0. The van der Waals surface area contributed by atoms with E-state index in [1.54, 1.807) is 10.6 Å². The van der Waals surface area contributed by atoms with Crippen LogP contribution in [0.15, 0.2) is 109 Å². The normalized spacial score (nSPS) is 11.2. The van der Waals surface area contributed by atoms with Crippen molar-refractivity contribution in [1.29, 1.82) is 0 Å². The molecule has 6 heteroatoms. The summed E-state index contributed by atoms with van der Waals surface area (Å²) in [6.45, 7) is 23.0. The molecular weight excluding hydrogens is 829 g/mol. The monoisotopic (exact) mass is 890 g/mol. The van der Waals surface area contributed by atoms with Gasteiger partial charge in [0.2, 0.25) is 0 Å². The molecular formula is C48H64Cl2P2SiZr+2.